The van der Waals surface area contributed by atoms with Gasteiger partial charge in [0.15, 0.2) is 17.5 Å². The summed E-state index contributed by atoms with van der Waals surface area (Å²) in [7, 11) is 0. The lowest BCUT2D eigenvalue weighted by molar-refractivity contribution is 1.07. The largest absolute Gasteiger partial charge is 0.309 e. The van der Waals surface area contributed by atoms with E-state index in [1.54, 1.807) is 0 Å². The molecule has 0 spiro atoms. The van der Waals surface area contributed by atoms with E-state index in [-0.39, 0.29) is 0 Å². The molecular formula is C55H34N4S. The van der Waals surface area contributed by atoms with Gasteiger partial charge in [0.05, 0.1) is 16.7 Å². The predicted molar refractivity (Wildman–Crippen MR) is 252 cm³/mol. The van der Waals surface area contributed by atoms with Gasteiger partial charge in [0.1, 0.15) is 0 Å². The third-order valence-electron chi connectivity index (χ3n) is 11.7. The molecule has 3 heterocycles. The van der Waals surface area contributed by atoms with E-state index in [4.69, 9.17) is 15.0 Å². The Morgan fingerprint density at radius 2 is 0.867 bits per heavy atom. The minimum absolute atomic E-state index is 0.615. The van der Waals surface area contributed by atoms with Gasteiger partial charge in [-0.2, -0.15) is 0 Å². The molecule has 3 aromatic heterocycles. The first-order valence-electron chi connectivity index (χ1n) is 20.2. The van der Waals surface area contributed by atoms with Crippen LogP contribution in [0.1, 0.15) is 0 Å². The number of fused-ring (bicyclic) bond motifs is 7. The van der Waals surface area contributed by atoms with E-state index in [2.05, 4.69) is 211 Å². The Hall–Kier alpha value is -7.73. The van der Waals surface area contributed by atoms with Gasteiger partial charge in [-0.15, -0.1) is 11.3 Å². The Balaban J connectivity index is 1.06. The number of para-hydroxylation sites is 2. The van der Waals surface area contributed by atoms with Gasteiger partial charge in [0.2, 0.25) is 0 Å². The van der Waals surface area contributed by atoms with Crippen molar-refractivity contribution in [3.05, 3.63) is 206 Å². The molecule has 0 bridgehead atoms. The Labute approximate surface area is 350 Å². The van der Waals surface area contributed by atoms with Gasteiger partial charge in [-0.3, -0.25) is 0 Å². The number of hydrogen-bond acceptors (Lipinski definition) is 4. The predicted octanol–water partition coefficient (Wildman–Crippen LogP) is 14.8. The van der Waals surface area contributed by atoms with Crippen molar-refractivity contribution in [3.63, 3.8) is 0 Å². The van der Waals surface area contributed by atoms with E-state index in [1.165, 1.54) is 36.5 Å². The molecule has 0 aliphatic heterocycles. The summed E-state index contributed by atoms with van der Waals surface area (Å²) in [5.74, 6) is 1.88. The van der Waals surface area contributed by atoms with E-state index in [0.29, 0.717) is 17.5 Å². The molecule has 0 saturated carbocycles. The second-order valence-electron chi connectivity index (χ2n) is 15.2. The van der Waals surface area contributed by atoms with Crippen LogP contribution in [0.2, 0.25) is 0 Å². The summed E-state index contributed by atoms with van der Waals surface area (Å²) in [5, 5.41) is 7.25. The molecule has 0 saturated heterocycles. The molecule has 60 heavy (non-hydrogen) atoms. The zero-order chi connectivity index (χ0) is 39.6. The second-order valence-corrected chi connectivity index (χ2v) is 16.2. The average Bonchev–Trinajstić information content (AvgIpc) is 3.87. The maximum Gasteiger partial charge on any atom is 0.164 e. The molecule has 0 fully saturated rings. The van der Waals surface area contributed by atoms with Gasteiger partial charge in [-0.25, -0.2) is 15.0 Å². The van der Waals surface area contributed by atoms with Gasteiger partial charge in [-0.05, 0) is 51.7 Å². The second kappa shape index (κ2) is 14.0. The summed E-state index contributed by atoms with van der Waals surface area (Å²) in [6, 6.07) is 73.3. The molecule has 0 aliphatic carbocycles. The first-order chi connectivity index (χ1) is 29.7. The normalized spacial score (nSPS) is 11.7. The highest BCUT2D eigenvalue weighted by Gasteiger charge is 2.20. The van der Waals surface area contributed by atoms with Gasteiger partial charge >= 0.3 is 0 Å². The topological polar surface area (TPSA) is 43.6 Å². The van der Waals surface area contributed by atoms with Crippen LogP contribution in [0, 0.1) is 0 Å². The van der Waals surface area contributed by atoms with Gasteiger partial charge in [-0.1, -0.05) is 182 Å². The molecule has 0 atom stereocenters. The Bertz CT molecular complexity index is 3540. The van der Waals surface area contributed by atoms with E-state index in [0.717, 1.165) is 60.9 Å². The molecule has 0 aliphatic rings. The van der Waals surface area contributed by atoms with Gasteiger partial charge in [0, 0.05) is 53.2 Å². The van der Waals surface area contributed by atoms with E-state index in [1.807, 2.05) is 11.3 Å². The Morgan fingerprint density at radius 3 is 1.65 bits per heavy atom. The molecule has 0 amide bonds. The number of nitrogens with zero attached hydrogens (tertiary/aromatic N) is 4. The minimum atomic E-state index is 0.615. The molecule has 0 radical (unpaired) electrons. The summed E-state index contributed by atoms with van der Waals surface area (Å²) in [6.07, 6.45) is 0. The lowest BCUT2D eigenvalue weighted by Gasteiger charge is -2.16. The van der Waals surface area contributed by atoms with Crippen molar-refractivity contribution in [2.75, 3.05) is 0 Å². The van der Waals surface area contributed by atoms with Crippen LogP contribution in [0.4, 0.5) is 0 Å². The van der Waals surface area contributed by atoms with Crippen molar-refractivity contribution < 1.29 is 0 Å². The number of benzene rings is 9. The molecule has 4 nitrogen and oxygen atoms in total. The zero-order valence-corrected chi connectivity index (χ0v) is 33.1. The smallest absolute Gasteiger partial charge is 0.164 e. The van der Waals surface area contributed by atoms with E-state index in [9.17, 15) is 0 Å². The van der Waals surface area contributed by atoms with Gasteiger partial charge in [0.25, 0.3) is 0 Å². The fourth-order valence-electron chi connectivity index (χ4n) is 8.85. The van der Waals surface area contributed by atoms with Crippen LogP contribution >= 0.6 is 11.3 Å². The maximum atomic E-state index is 5.29. The van der Waals surface area contributed by atoms with Crippen molar-refractivity contribution in [2.45, 2.75) is 0 Å². The third-order valence-corrected chi connectivity index (χ3v) is 12.9. The van der Waals surface area contributed by atoms with Crippen molar-refractivity contribution in [1.82, 2.24) is 19.5 Å². The lowest BCUT2D eigenvalue weighted by Crippen LogP contribution is -2.02. The maximum absolute atomic E-state index is 5.29. The van der Waals surface area contributed by atoms with Crippen molar-refractivity contribution in [2.24, 2.45) is 0 Å². The van der Waals surface area contributed by atoms with Gasteiger partial charge < -0.3 is 4.57 Å². The minimum Gasteiger partial charge on any atom is -0.309 e. The van der Waals surface area contributed by atoms with Crippen LogP contribution in [0.15, 0.2) is 206 Å². The summed E-state index contributed by atoms with van der Waals surface area (Å²) in [5.41, 5.74) is 10.8. The summed E-state index contributed by atoms with van der Waals surface area (Å²) in [6.45, 7) is 0. The number of hydrogen-bond donors (Lipinski definition) is 0. The highest BCUT2D eigenvalue weighted by molar-refractivity contribution is 7.26. The Kier molecular flexibility index (Phi) is 8.00. The SMILES string of the molecule is c1ccc(-c2ccc(-c3nc(-c4ccc(-c5cccc6c5sc5ccccc56)cc4)nc(-c4cccc5ccccc45)n3)cc2-n2c3ccccc3c3ccccc32)cc1. The monoisotopic (exact) mass is 782 g/mol. The fourth-order valence-corrected chi connectivity index (χ4v) is 10.1. The molecule has 280 valence electrons. The van der Waals surface area contributed by atoms with E-state index >= 15 is 0 Å². The van der Waals surface area contributed by atoms with Crippen molar-refractivity contribution >= 4 is 64.1 Å². The standard InChI is InChI=1S/C55H34N4S/c1-2-14-36(15-3-1)41-33-32-39(34-50(41)59-48-25-9-6-19-43(48)44-20-7-10-26-49(44)59)54-56-53(57-55(58-54)47-24-12-17-35-16-4-5-18-40(35)47)38-30-28-37(29-31-38)42-22-13-23-46-45-21-8-11-27-51(45)60-52(42)46/h1-34H. The third kappa shape index (κ3) is 5.63. The first kappa shape index (κ1) is 34.3. The van der Waals surface area contributed by atoms with Crippen molar-refractivity contribution in [3.8, 4) is 62.1 Å². The average molecular weight is 783 g/mol. The van der Waals surface area contributed by atoms with E-state index < -0.39 is 0 Å². The quantitative estimate of drug-likeness (QED) is 0.169. The summed E-state index contributed by atoms with van der Waals surface area (Å²) < 4.78 is 4.98. The van der Waals surface area contributed by atoms with Crippen LogP contribution in [0.25, 0.3) is 115 Å². The molecular weight excluding hydrogens is 749 g/mol. The van der Waals surface area contributed by atoms with Crippen molar-refractivity contribution in [1.29, 1.82) is 0 Å². The van der Waals surface area contributed by atoms with Crippen LogP contribution < -0.4 is 0 Å². The number of aromatic nitrogens is 4. The lowest BCUT2D eigenvalue weighted by atomic mass is 10.00. The zero-order valence-electron chi connectivity index (χ0n) is 32.3. The Morgan fingerprint density at radius 1 is 0.333 bits per heavy atom. The number of thiophene rings is 1. The van der Waals surface area contributed by atoms with Crippen LogP contribution in [0.3, 0.4) is 0 Å². The first-order valence-corrected chi connectivity index (χ1v) is 21.0. The molecule has 0 N–H and O–H groups in total. The summed E-state index contributed by atoms with van der Waals surface area (Å²) in [4.78, 5) is 15.8. The highest BCUT2D eigenvalue weighted by Crippen LogP contribution is 2.41. The summed E-state index contributed by atoms with van der Waals surface area (Å²) >= 11 is 1.85. The highest BCUT2D eigenvalue weighted by atomic mass is 32.1. The molecule has 5 heteroatoms. The number of rotatable bonds is 6. The van der Waals surface area contributed by atoms with Crippen LogP contribution in [0.5, 0.6) is 0 Å². The van der Waals surface area contributed by atoms with Crippen LogP contribution in [-0.2, 0) is 0 Å². The van der Waals surface area contributed by atoms with Crippen LogP contribution in [-0.4, -0.2) is 19.5 Å². The fraction of sp³-hybridized carbons (Fsp3) is 0. The molecule has 0 unspecified atom stereocenters. The molecule has 12 aromatic rings. The molecule has 9 aromatic carbocycles. The molecule has 12 rings (SSSR count).